The maximum Gasteiger partial charge on any atom is 0.355 e. The number of aromatic carboxylic acids is 1. The van der Waals surface area contributed by atoms with E-state index in [1.165, 1.54) is 16.7 Å². The lowest BCUT2D eigenvalue weighted by atomic mass is 10.1. The van der Waals surface area contributed by atoms with Gasteiger partial charge in [-0.2, -0.15) is 5.10 Å². The van der Waals surface area contributed by atoms with E-state index < -0.39 is 5.97 Å². The molecule has 25 heavy (non-hydrogen) atoms. The number of fused-ring (bicyclic) bond motifs is 1. The van der Waals surface area contributed by atoms with Gasteiger partial charge in [0.2, 0.25) is 5.13 Å². The van der Waals surface area contributed by atoms with E-state index in [9.17, 15) is 4.79 Å². The fourth-order valence-corrected chi connectivity index (χ4v) is 3.86. The van der Waals surface area contributed by atoms with Crippen molar-refractivity contribution in [1.29, 1.82) is 0 Å². The molecule has 1 N–H and O–H groups in total. The van der Waals surface area contributed by atoms with E-state index in [-0.39, 0.29) is 5.69 Å². The summed E-state index contributed by atoms with van der Waals surface area (Å²) >= 11 is 13.5. The fraction of sp³-hybridized carbons (Fsp3) is 0. The smallest absolute Gasteiger partial charge is 0.355 e. The van der Waals surface area contributed by atoms with E-state index in [4.69, 9.17) is 28.3 Å². The van der Waals surface area contributed by atoms with Gasteiger partial charge in [-0.15, -0.1) is 11.3 Å². The monoisotopic (exact) mass is 389 g/mol. The van der Waals surface area contributed by atoms with Crippen molar-refractivity contribution < 1.29 is 9.90 Å². The summed E-state index contributed by atoms with van der Waals surface area (Å²) in [7, 11) is 0. The zero-order valence-corrected chi connectivity index (χ0v) is 14.8. The number of benzene rings is 2. The van der Waals surface area contributed by atoms with Crippen LogP contribution in [-0.2, 0) is 0 Å². The third kappa shape index (κ3) is 2.89. The van der Waals surface area contributed by atoms with Crippen LogP contribution in [-0.4, -0.2) is 25.8 Å². The van der Waals surface area contributed by atoms with E-state index in [2.05, 4.69) is 10.1 Å². The normalized spacial score (nSPS) is 11.1. The molecular formula is C17H9Cl2N3O2S. The van der Waals surface area contributed by atoms with Crippen molar-refractivity contribution in [3.05, 3.63) is 63.6 Å². The van der Waals surface area contributed by atoms with Gasteiger partial charge in [-0.1, -0.05) is 41.4 Å². The number of carbonyl (C=O) groups is 1. The molecule has 0 spiro atoms. The second-order valence-electron chi connectivity index (χ2n) is 5.26. The molecule has 0 atom stereocenters. The Morgan fingerprint density at radius 2 is 1.84 bits per heavy atom. The molecule has 0 unspecified atom stereocenters. The molecule has 0 amide bonds. The van der Waals surface area contributed by atoms with Gasteiger partial charge in [0, 0.05) is 26.4 Å². The Bertz CT molecular complexity index is 1100. The Morgan fingerprint density at radius 3 is 2.52 bits per heavy atom. The van der Waals surface area contributed by atoms with E-state index in [1.54, 1.807) is 22.9 Å². The van der Waals surface area contributed by atoms with Crippen molar-refractivity contribution in [1.82, 2.24) is 14.8 Å². The van der Waals surface area contributed by atoms with E-state index in [0.717, 1.165) is 16.5 Å². The molecule has 2 aromatic carbocycles. The first-order chi connectivity index (χ1) is 12.0. The minimum Gasteiger partial charge on any atom is -0.476 e. The van der Waals surface area contributed by atoms with Crippen LogP contribution in [0.4, 0.5) is 0 Å². The van der Waals surface area contributed by atoms with Crippen LogP contribution >= 0.6 is 34.5 Å². The van der Waals surface area contributed by atoms with Gasteiger partial charge in [-0.05, 0) is 24.3 Å². The van der Waals surface area contributed by atoms with Crippen LogP contribution in [0.2, 0.25) is 10.0 Å². The molecule has 2 heterocycles. The van der Waals surface area contributed by atoms with Crippen LogP contribution in [0.3, 0.4) is 0 Å². The summed E-state index contributed by atoms with van der Waals surface area (Å²) in [6, 6.07) is 12.9. The molecule has 8 heteroatoms. The van der Waals surface area contributed by atoms with Crippen molar-refractivity contribution in [3.63, 3.8) is 0 Å². The molecule has 0 aliphatic carbocycles. The largest absolute Gasteiger partial charge is 0.476 e. The maximum absolute atomic E-state index is 11.1. The summed E-state index contributed by atoms with van der Waals surface area (Å²) in [5, 5.41) is 17.6. The van der Waals surface area contributed by atoms with Crippen LogP contribution in [0.15, 0.2) is 47.8 Å². The number of rotatable bonds is 3. The lowest BCUT2D eigenvalue weighted by molar-refractivity contribution is 0.0691. The molecule has 5 nitrogen and oxygen atoms in total. The first-order valence-electron chi connectivity index (χ1n) is 7.16. The summed E-state index contributed by atoms with van der Waals surface area (Å²) in [6.45, 7) is 0. The average Bonchev–Trinajstić information content (AvgIpc) is 3.18. The SMILES string of the molecule is O=C(O)c1csc(-n2nc(-c3cc(Cl)cc(Cl)c3)c3ccccc32)n1. The van der Waals surface area contributed by atoms with Crippen molar-refractivity contribution in [3.8, 4) is 16.4 Å². The van der Waals surface area contributed by atoms with Gasteiger partial charge >= 0.3 is 5.97 Å². The number of halogens is 2. The van der Waals surface area contributed by atoms with Gasteiger partial charge in [-0.25, -0.2) is 14.5 Å². The van der Waals surface area contributed by atoms with Gasteiger partial charge in [0.05, 0.1) is 5.52 Å². The minimum atomic E-state index is -1.07. The number of aromatic nitrogens is 3. The van der Waals surface area contributed by atoms with Crippen LogP contribution in [0.25, 0.3) is 27.3 Å². The van der Waals surface area contributed by atoms with Crippen molar-refractivity contribution in [2.45, 2.75) is 0 Å². The summed E-state index contributed by atoms with van der Waals surface area (Å²) in [6.07, 6.45) is 0. The molecule has 0 radical (unpaired) electrons. The third-order valence-corrected chi connectivity index (χ3v) is 4.87. The first kappa shape index (κ1) is 16.1. The third-order valence-electron chi connectivity index (χ3n) is 3.62. The molecule has 4 aromatic rings. The number of hydrogen-bond donors (Lipinski definition) is 1. The zero-order valence-electron chi connectivity index (χ0n) is 12.5. The van der Waals surface area contributed by atoms with Gasteiger partial charge < -0.3 is 5.11 Å². The maximum atomic E-state index is 11.1. The number of hydrogen-bond acceptors (Lipinski definition) is 4. The van der Waals surface area contributed by atoms with Gasteiger partial charge in [0.15, 0.2) is 5.69 Å². The first-order valence-corrected chi connectivity index (χ1v) is 8.80. The second-order valence-corrected chi connectivity index (χ2v) is 6.97. The molecule has 0 fully saturated rings. The van der Waals surface area contributed by atoms with Crippen LogP contribution in [0.1, 0.15) is 10.5 Å². The predicted molar refractivity (Wildman–Crippen MR) is 99.2 cm³/mol. The number of nitrogens with zero attached hydrogens (tertiary/aromatic N) is 3. The summed E-state index contributed by atoms with van der Waals surface area (Å²) < 4.78 is 1.64. The van der Waals surface area contributed by atoms with Gasteiger partial charge in [0.25, 0.3) is 0 Å². The van der Waals surface area contributed by atoms with Crippen molar-refractivity contribution in [2.75, 3.05) is 0 Å². The van der Waals surface area contributed by atoms with Crippen molar-refractivity contribution >= 4 is 51.4 Å². The molecule has 4 rings (SSSR count). The highest BCUT2D eigenvalue weighted by molar-refractivity contribution is 7.12. The molecule has 0 saturated carbocycles. The highest BCUT2D eigenvalue weighted by atomic mass is 35.5. The lowest BCUT2D eigenvalue weighted by Gasteiger charge is -2.00. The summed E-state index contributed by atoms with van der Waals surface area (Å²) in [5.41, 5.74) is 2.29. The molecular weight excluding hydrogens is 381 g/mol. The standard InChI is InChI=1S/C17H9Cl2N3O2S/c18-10-5-9(6-11(19)7-10)15-12-3-1-2-4-14(12)22(21-15)17-20-13(8-25-17)16(23)24/h1-8H,(H,23,24). The fourth-order valence-electron chi connectivity index (χ4n) is 2.58. The number of carboxylic acids is 1. The molecule has 2 aromatic heterocycles. The van der Waals surface area contributed by atoms with Crippen LogP contribution < -0.4 is 0 Å². The van der Waals surface area contributed by atoms with E-state index in [1.807, 2.05) is 24.3 Å². The summed E-state index contributed by atoms with van der Waals surface area (Å²) in [5.74, 6) is -1.07. The molecule has 124 valence electrons. The summed E-state index contributed by atoms with van der Waals surface area (Å²) in [4.78, 5) is 15.2. The van der Waals surface area contributed by atoms with Gasteiger partial charge in [-0.3, -0.25) is 0 Å². The van der Waals surface area contributed by atoms with Crippen LogP contribution in [0, 0.1) is 0 Å². The molecule has 0 aliphatic heterocycles. The minimum absolute atomic E-state index is 0.00747. The second kappa shape index (κ2) is 6.15. The Kier molecular flexibility index (Phi) is 3.95. The zero-order chi connectivity index (χ0) is 17.6. The average molecular weight is 390 g/mol. The molecule has 0 saturated heterocycles. The highest BCUT2D eigenvalue weighted by Gasteiger charge is 2.17. The Morgan fingerprint density at radius 1 is 1.12 bits per heavy atom. The topological polar surface area (TPSA) is 68.0 Å². The lowest BCUT2D eigenvalue weighted by Crippen LogP contribution is -2.00. The number of para-hydroxylation sites is 1. The van der Waals surface area contributed by atoms with E-state index >= 15 is 0 Å². The Balaban J connectivity index is 1.96. The Hall–Kier alpha value is -2.41. The van der Waals surface area contributed by atoms with Crippen molar-refractivity contribution in [2.24, 2.45) is 0 Å². The van der Waals surface area contributed by atoms with E-state index in [0.29, 0.717) is 20.9 Å². The highest BCUT2D eigenvalue weighted by Crippen LogP contribution is 2.33. The van der Waals surface area contributed by atoms with Crippen LogP contribution in [0.5, 0.6) is 0 Å². The number of thiazole rings is 1. The Labute approximate surface area is 156 Å². The molecule has 0 bridgehead atoms. The predicted octanol–water partition coefficient (Wildman–Crippen LogP) is 5.15. The molecule has 0 aliphatic rings. The number of carboxylic acid groups (broad SMARTS) is 1. The van der Waals surface area contributed by atoms with Gasteiger partial charge in [0.1, 0.15) is 5.69 Å². The quantitative estimate of drug-likeness (QED) is 0.525.